The topological polar surface area (TPSA) is 67.3 Å². The maximum atomic E-state index is 12.4. The van der Waals surface area contributed by atoms with Gasteiger partial charge in [-0.1, -0.05) is 0 Å². The van der Waals surface area contributed by atoms with Crippen molar-refractivity contribution in [2.24, 2.45) is 5.92 Å². The Labute approximate surface area is 164 Å². The summed E-state index contributed by atoms with van der Waals surface area (Å²) in [7, 11) is 1.69. The number of nitrogens with zero attached hydrogens (tertiary/aromatic N) is 3. The van der Waals surface area contributed by atoms with Crippen molar-refractivity contribution in [2.45, 2.75) is 44.9 Å². The van der Waals surface area contributed by atoms with Crippen LogP contribution in [0.25, 0.3) is 10.2 Å². The van der Waals surface area contributed by atoms with Crippen molar-refractivity contribution in [2.75, 3.05) is 38.3 Å². The second kappa shape index (κ2) is 8.52. The number of hydrogen-bond acceptors (Lipinski definition) is 6. The minimum absolute atomic E-state index is 0.109. The van der Waals surface area contributed by atoms with Crippen molar-refractivity contribution in [3.05, 3.63) is 16.8 Å². The molecular weight excluding hydrogens is 360 g/mol. The van der Waals surface area contributed by atoms with Crippen LogP contribution in [0.5, 0.6) is 0 Å². The Balaban J connectivity index is 1.43. The number of hydrogen-bond donors (Lipinski definition) is 1. The molecule has 1 aliphatic heterocycles. The minimum Gasteiger partial charge on any atom is -0.385 e. The van der Waals surface area contributed by atoms with Gasteiger partial charge < -0.3 is 15.0 Å². The fourth-order valence-corrected chi connectivity index (χ4v) is 5.46. The lowest BCUT2D eigenvalue weighted by molar-refractivity contribution is -0.125. The van der Waals surface area contributed by atoms with Gasteiger partial charge in [0, 0.05) is 44.1 Å². The number of amides is 1. The second-order valence-electron chi connectivity index (χ2n) is 7.49. The van der Waals surface area contributed by atoms with Gasteiger partial charge in [0.05, 0.1) is 5.39 Å². The van der Waals surface area contributed by atoms with E-state index in [2.05, 4.69) is 20.2 Å². The Kier molecular flexibility index (Phi) is 5.88. The zero-order valence-electron chi connectivity index (χ0n) is 16.0. The van der Waals surface area contributed by atoms with Crippen LogP contribution < -0.4 is 10.2 Å². The first-order chi connectivity index (χ1) is 13.3. The zero-order chi connectivity index (χ0) is 18.6. The molecule has 2 aliphatic rings. The number of carbonyl (C=O) groups is 1. The summed E-state index contributed by atoms with van der Waals surface area (Å²) in [6.45, 7) is 3.15. The first kappa shape index (κ1) is 18.6. The maximum absolute atomic E-state index is 12.4. The number of rotatable bonds is 6. The molecule has 0 bridgehead atoms. The number of aryl methyl sites for hydroxylation is 2. The van der Waals surface area contributed by atoms with Crippen LogP contribution in [0.1, 0.15) is 42.5 Å². The number of carbonyl (C=O) groups excluding carboxylic acids is 1. The molecule has 7 heteroatoms. The van der Waals surface area contributed by atoms with Crippen LogP contribution in [0, 0.1) is 5.92 Å². The summed E-state index contributed by atoms with van der Waals surface area (Å²) in [5, 5.41) is 4.32. The molecule has 0 saturated carbocycles. The van der Waals surface area contributed by atoms with Crippen LogP contribution >= 0.6 is 11.3 Å². The van der Waals surface area contributed by atoms with Crippen molar-refractivity contribution in [1.82, 2.24) is 15.3 Å². The quantitative estimate of drug-likeness (QED) is 0.771. The summed E-state index contributed by atoms with van der Waals surface area (Å²) in [5.41, 5.74) is 1.48. The number of nitrogens with one attached hydrogen (secondary N) is 1. The predicted molar refractivity (Wildman–Crippen MR) is 108 cm³/mol. The van der Waals surface area contributed by atoms with E-state index in [-0.39, 0.29) is 11.8 Å². The normalized spacial score (nSPS) is 17.9. The molecule has 1 aliphatic carbocycles. The van der Waals surface area contributed by atoms with Crippen LogP contribution in [-0.4, -0.2) is 49.2 Å². The highest BCUT2D eigenvalue weighted by Gasteiger charge is 2.28. The molecule has 146 valence electrons. The summed E-state index contributed by atoms with van der Waals surface area (Å²) in [5.74, 6) is 1.38. The third-order valence-corrected chi connectivity index (χ3v) is 6.92. The lowest BCUT2D eigenvalue weighted by Crippen LogP contribution is -2.41. The number of aromatic nitrogens is 2. The molecule has 2 aromatic rings. The van der Waals surface area contributed by atoms with E-state index in [0.29, 0.717) is 13.2 Å². The molecule has 0 atom stereocenters. The fourth-order valence-electron chi connectivity index (χ4n) is 4.24. The number of thiophene rings is 1. The van der Waals surface area contributed by atoms with Gasteiger partial charge in [-0.15, -0.1) is 11.3 Å². The van der Waals surface area contributed by atoms with Crippen molar-refractivity contribution in [3.63, 3.8) is 0 Å². The van der Waals surface area contributed by atoms with Crippen molar-refractivity contribution in [1.29, 1.82) is 0 Å². The fraction of sp³-hybridized carbons (Fsp3) is 0.650. The van der Waals surface area contributed by atoms with E-state index in [4.69, 9.17) is 4.74 Å². The number of piperidine rings is 1. The van der Waals surface area contributed by atoms with Gasteiger partial charge in [-0.05, 0) is 50.5 Å². The van der Waals surface area contributed by atoms with E-state index in [1.165, 1.54) is 35.1 Å². The molecule has 2 aromatic heterocycles. The smallest absolute Gasteiger partial charge is 0.223 e. The zero-order valence-corrected chi connectivity index (χ0v) is 16.8. The Hall–Kier alpha value is -1.73. The third-order valence-electron chi connectivity index (χ3n) is 5.72. The number of ether oxygens (including phenoxy) is 1. The van der Waals surface area contributed by atoms with Crippen LogP contribution in [0.3, 0.4) is 0 Å². The Bertz CT molecular complexity index is 799. The van der Waals surface area contributed by atoms with Crippen molar-refractivity contribution >= 4 is 33.3 Å². The molecule has 4 rings (SSSR count). The second-order valence-corrected chi connectivity index (χ2v) is 8.57. The highest BCUT2D eigenvalue weighted by molar-refractivity contribution is 7.19. The molecule has 3 heterocycles. The summed E-state index contributed by atoms with van der Waals surface area (Å²) >= 11 is 1.84. The van der Waals surface area contributed by atoms with Gasteiger partial charge in [0.1, 0.15) is 17.0 Å². The van der Waals surface area contributed by atoms with Crippen molar-refractivity contribution in [3.8, 4) is 0 Å². The summed E-state index contributed by atoms with van der Waals surface area (Å²) in [6, 6.07) is 0. The van der Waals surface area contributed by atoms with E-state index in [1.807, 2.05) is 11.3 Å². The van der Waals surface area contributed by atoms with E-state index < -0.39 is 0 Å². The Morgan fingerprint density at radius 3 is 2.93 bits per heavy atom. The van der Waals surface area contributed by atoms with E-state index in [1.54, 1.807) is 13.4 Å². The lowest BCUT2D eigenvalue weighted by Gasteiger charge is -2.32. The summed E-state index contributed by atoms with van der Waals surface area (Å²) < 4.78 is 5.03. The van der Waals surface area contributed by atoms with Gasteiger partial charge in [-0.3, -0.25) is 4.79 Å². The standard InChI is InChI=1S/C20H28N4O2S/c1-26-12-4-9-21-19(25)14-7-10-24(11-8-14)18-17-15-5-2-3-6-16(15)27-20(17)23-13-22-18/h13-14H,2-12H2,1H3,(H,21,25). The molecule has 1 fully saturated rings. The van der Waals surface area contributed by atoms with Gasteiger partial charge in [0.2, 0.25) is 5.91 Å². The van der Waals surface area contributed by atoms with Gasteiger partial charge in [-0.25, -0.2) is 9.97 Å². The average molecular weight is 389 g/mol. The van der Waals surface area contributed by atoms with Gasteiger partial charge in [0.25, 0.3) is 0 Å². The predicted octanol–water partition coefficient (Wildman–Crippen LogP) is 2.94. The molecule has 1 N–H and O–H groups in total. The highest BCUT2D eigenvalue weighted by atomic mass is 32.1. The number of anilines is 1. The molecule has 0 radical (unpaired) electrons. The molecular formula is C20H28N4O2S. The molecule has 0 unspecified atom stereocenters. The molecule has 27 heavy (non-hydrogen) atoms. The van der Waals surface area contributed by atoms with Gasteiger partial charge in [-0.2, -0.15) is 0 Å². The maximum Gasteiger partial charge on any atom is 0.223 e. The highest BCUT2D eigenvalue weighted by Crippen LogP contribution is 2.39. The van der Waals surface area contributed by atoms with E-state index >= 15 is 0 Å². The first-order valence-corrected chi connectivity index (χ1v) is 10.9. The van der Waals surface area contributed by atoms with Crippen LogP contribution in [0.2, 0.25) is 0 Å². The number of fused-ring (bicyclic) bond motifs is 3. The Morgan fingerprint density at radius 1 is 1.30 bits per heavy atom. The SMILES string of the molecule is COCCCNC(=O)C1CCN(c2ncnc3sc4c(c23)CCCC4)CC1. The van der Waals surface area contributed by atoms with E-state index in [9.17, 15) is 4.79 Å². The molecule has 0 spiro atoms. The number of methoxy groups -OCH3 is 1. The molecule has 1 amide bonds. The summed E-state index contributed by atoms with van der Waals surface area (Å²) in [6.07, 6.45) is 9.21. The van der Waals surface area contributed by atoms with Gasteiger partial charge in [0.15, 0.2) is 0 Å². The molecule has 0 aromatic carbocycles. The lowest BCUT2D eigenvalue weighted by atomic mass is 9.94. The first-order valence-electron chi connectivity index (χ1n) is 10.0. The molecule has 1 saturated heterocycles. The van der Waals surface area contributed by atoms with E-state index in [0.717, 1.165) is 49.4 Å². The average Bonchev–Trinajstić information content (AvgIpc) is 3.10. The monoisotopic (exact) mass is 388 g/mol. The van der Waals surface area contributed by atoms with Crippen LogP contribution in [0.4, 0.5) is 5.82 Å². The van der Waals surface area contributed by atoms with Crippen molar-refractivity contribution < 1.29 is 9.53 Å². The third kappa shape index (κ3) is 3.94. The minimum atomic E-state index is 0.109. The van der Waals surface area contributed by atoms with Crippen LogP contribution in [-0.2, 0) is 22.4 Å². The van der Waals surface area contributed by atoms with Gasteiger partial charge >= 0.3 is 0 Å². The largest absolute Gasteiger partial charge is 0.385 e. The Morgan fingerprint density at radius 2 is 2.11 bits per heavy atom. The summed E-state index contributed by atoms with van der Waals surface area (Å²) in [4.78, 5) is 26.6. The van der Waals surface area contributed by atoms with Crippen LogP contribution in [0.15, 0.2) is 6.33 Å². The molecule has 6 nitrogen and oxygen atoms in total.